The van der Waals surface area contributed by atoms with Gasteiger partial charge in [-0.2, -0.15) is 0 Å². The van der Waals surface area contributed by atoms with E-state index in [1.165, 1.54) is 10.1 Å². The molecule has 3 rings (SSSR count). The molecule has 0 saturated carbocycles. The predicted octanol–water partition coefficient (Wildman–Crippen LogP) is 4.02. The number of nitrogens with zero attached hydrogens (tertiary/aromatic N) is 1. The molecule has 0 aliphatic carbocycles. The van der Waals surface area contributed by atoms with E-state index >= 15 is 0 Å². The van der Waals surface area contributed by atoms with E-state index in [-0.39, 0.29) is 0 Å². The summed E-state index contributed by atoms with van der Waals surface area (Å²) in [5, 5.41) is 13.0. The van der Waals surface area contributed by atoms with Crippen molar-refractivity contribution in [3.8, 4) is 11.3 Å². The zero-order valence-electron chi connectivity index (χ0n) is 10.00. The summed E-state index contributed by atoms with van der Waals surface area (Å²) in [5.41, 5.74) is 2.94. The molecule has 0 fully saturated rings. The van der Waals surface area contributed by atoms with E-state index in [9.17, 15) is 5.11 Å². The average Bonchev–Trinajstić information content (AvgIpc) is 2.87. The quantitative estimate of drug-likeness (QED) is 0.750. The van der Waals surface area contributed by atoms with Crippen molar-refractivity contribution in [2.45, 2.75) is 13.0 Å². The van der Waals surface area contributed by atoms with Gasteiger partial charge in [-0.25, -0.2) is 0 Å². The fourth-order valence-electron chi connectivity index (χ4n) is 2.05. The lowest BCUT2D eigenvalue weighted by molar-refractivity contribution is 0.199. The lowest BCUT2D eigenvalue weighted by Gasteiger charge is -2.07. The van der Waals surface area contributed by atoms with Gasteiger partial charge < -0.3 is 5.11 Å². The van der Waals surface area contributed by atoms with Gasteiger partial charge in [0.15, 0.2) is 0 Å². The fourth-order valence-corrected chi connectivity index (χ4v) is 2.97. The zero-order valence-corrected chi connectivity index (χ0v) is 10.8. The van der Waals surface area contributed by atoms with Crippen LogP contribution in [0.25, 0.3) is 21.3 Å². The molecule has 0 radical (unpaired) electrons. The van der Waals surface area contributed by atoms with Crippen molar-refractivity contribution in [2.75, 3.05) is 0 Å². The van der Waals surface area contributed by atoms with E-state index in [1.54, 1.807) is 24.5 Å². The molecule has 1 N–H and O–H groups in total. The number of aromatic nitrogens is 1. The molecule has 0 saturated heterocycles. The number of rotatable bonds is 2. The van der Waals surface area contributed by atoms with Crippen LogP contribution in [0.3, 0.4) is 0 Å². The van der Waals surface area contributed by atoms with Gasteiger partial charge in [0, 0.05) is 16.5 Å². The molecule has 2 aromatic heterocycles. The van der Waals surface area contributed by atoms with Crippen LogP contribution in [0.15, 0.2) is 48.0 Å². The Hall–Kier alpha value is -1.71. The molecule has 1 atom stereocenters. The van der Waals surface area contributed by atoms with Gasteiger partial charge in [-0.15, -0.1) is 11.3 Å². The van der Waals surface area contributed by atoms with Gasteiger partial charge in [0.05, 0.1) is 11.8 Å². The van der Waals surface area contributed by atoms with Crippen LogP contribution in [0.2, 0.25) is 0 Å². The highest BCUT2D eigenvalue weighted by atomic mass is 32.1. The van der Waals surface area contributed by atoms with Gasteiger partial charge in [0.2, 0.25) is 0 Å². The molecule has 0 aliphatic rings. The second-order valence-corrected chi connectivity index (χ2v) is 5.21. The van der Waals surface area contributed by atoms with Crippen molar-refractivity contribution in [3.63, 3.8) is 0 Å². The third kappa shape index (κ3) is 1.92. The first-order valence-corrected chi connectivity index (χ1v) is 6.74. The standard InChI is InChI=1S/C15H13NOS/c1-10(17)12-5-7-16-14(9-12)13-4-2-3-11-6-8-18-15(11)13/h2-10,17H,1H3. The number of aliphatic hydroxyl groups is 1. The molecule has 90 valence electrons. The van der Waals surface area contributed by atoms with Crippen molar-refractivity contribution in [1.82, 2.24) is 4.98 Å². The Labute approximate surface area is 110 Å². The lowest BCUT2D eigenvalue weighted by atomic mass is 10.1. The molecule has 0 aliphatic heterocycles. The second kappa shape index (κ2) is 4.52. The van der Waals surface area contributed by atoms with Crippen molar-refractivity contribution in [2.24, 2.45) is 0 Å². The van der Waals surface area contributed by atoms with Crippen molar-refractivity contribution in [1.29, 1.82) is 0 Å². The minimum atomic E-state index is -0.464. The number of pyridine rings is 1. The Kier molecular flexibility index (Phi) is 2.86. The van der Waals surface area contributed by atoms with Gasteiger partial charge >= 0.3 is 0 Å². The highest BCUT2D eigenvalue weighted by Crippen LogP contribution is 2.32. The predicted molar refractivity (Wildman–Crippen MR) is 75.7 cm³/mol. The maximum Gasteiger partial charge on any atom is 0.0763 e. The summed E-state index contributed by atoms with van der Waals surface area (Å²) in [4.78, 5) is 4.42. The van der Waals surface area contributed by atoms with Gasteiger partial charge in [-0.1, -0.05) is 18.2 Å². The molecule has 18 heavy (non-hydrogen) atoms. The largest absolute Gasteiger partial charge is 0.389 e. The van der Waals surface area contributed by atoms with Gasteiger partial charge in [0.25, 0.3) is 0 Å². The monoisotopic (exact) mass is 255 g/mol. The molecule has 1 aromatic carbocycles. The first kappa shape index (κ1) is 11.4. The summed E-state index contributed by atoms with van der Waals surface area (Å²) in [6, 6.07) is 12.1. The summed E-state index contributed by atoms with van der Waals surface area (Å²) >= 11 is 1.72. The van der Waals surface area contributed by atoms with Gasteiger partial charge in [0.1, 0.15) is 0 Å². The Morgan fingerprint density at radius 2 is 2.11 bits per heavy atom. The molecule has 0 bridgehead atoms. The highest BCUT2D eigenvalue weighted by molar-refractivity contribution is 7.17. The molecule has 2 heterocycles. The minimum Gasteiger partial charge on any atom is -0.389 e. The smallest absolute Gasteiger partial charge is 0.0763 e. The molecule has 3 heteroatoms. The molecule has 0 amide bonds. The van der Waals surface area contributed by atoms with E-state index < -0.39 is 6.10 Å². The van der Waals surface area contributed by atoms with E-state index in [0.717, 1.165) is 16.8 Å². The lowest BCUT2D eigenvalue weighted by Crippen LogP contribution is -1.93. The molecular weight excluding hydrogens is 242 g/mol. The van der Waals surface area contributed by atoms with E-state index in [0.29, 0.717) is 0 Å². The van der Waals surface area contributed by atoms with Crippen LogP contribution in [0, 0.1) is 0 Å². The van der Waals surface area contributed by atoms with Crippen LogP contribution in [-0.2, 0) is 0 Å². The maximum atomic E-state index is 9.64. The zero-order chi connectivity index (χ0) is 12.5. The van der Waals surface area contributed by atoms with E-state index in [2.05, 4.69) is 28.6 Å². The van der Waals surface area contributed by atoms with E-state index in [4.69, 9.17) is 0 Å². The van der Waals surface area contributed by atoms with Crippen molar-refractivity contribution < 1.29 is 5.11 Å². The topological polar surface area (TPSA) is 33.1 Å². The SMILES string of the molecule is CC(O)c1ccnc(-c2cccc3ccsc23)c1. The van der Waals surface area contributed by atoms with Crippen LogP contribution in [0.1, 0.15) is 18.6 Å². The molecule has 0 spiro atoms. The maximum absolute atomic E-state index is 9.64. The Morgan fingerprint density at radius 3 is 2.94 bits per heavy atom. The number of aliphatic hydroxyl groups excluding tert-OH is 1. The van der Waals surface area contributed by atoms with Gasteiger partial charge in [-0.3, -0.25) is 4.98 Å². The Bertz CT molecular complexity index is 688. The summed E-state index contributed by atoms with van der Waals surface area (Å²) in [5.74, 6) is 0. The fraction of sp³-hybridized carbons (Fsp3) is 0.133. The van der Waals surface area contributed by atoms with Crippen molar-refractivity contribution >= 4 is 21.4 Å². The third-order valence-electron chi connectivity index (χ3n) is 3.02. The second-order valence-electron chi connectivity index (χ2n) is 4.29. The normalized spacial score (nSPS) is 12.8. The van der Waals surface area contributed by atoms with Gasteiger partial charge in [-0.05, 0) is 41.5 Å². The Morgan fingerprint density at radius 1 is 1.22 bits per heavy atom. The third-order valence-corrected chi connectivity index (χ3v) is 3.98. The number of thiophene rings is 1. The number of hydrogen-bond donors (Lipinski definition) is 1. The first-order valence-electron chi connectivity index (χ1n) is 5.86. The molecule has 2 nitrogen and oxygen atoms in total. The number of hydrogen-bond acceptors (Lipinski definition) is 3. The van der Waals surface area contributed by atoms with E-state index in [1.807, 2.05) is 18.2 Å². The van der Waals surface area contributed by atoms with Crippen LogP contribution >= 0.6 is 11.3 Å². The first-order chi connectivity index (χ1) is 8.75. The summed E-state index contributed by atoms with van der Waals surface area (Å²) in [7, 11) is 0. The molecule has 1 unspecified atom stereocenters. The Balaban J connectivity index is 2.20. The van der Waals surface area contributed by atoms with Crippen molar-refractivity contribution in [3.05, 3.63) is 53.5 Å². The average molecular weight is 255 g/mol. The number of benzene rings is 1. The summed E-state index contributed by atoms with van der Waals surface area (Å²) < 4.78 is 1.24. The number of fused-ring (bicyclic) bond motifs is 1. The minimum absolute atomic E-state index is 0.464. The highest BCUT2D eigenvalue weighted by Gasteiger charge is 2.08. The summed E-state index contributed by atoms with van der Waals surface area (Å²) in [6.45, 7) is 1.77. The van der Waals surface area contributed by atoms with Crippen LogP contribution in [0.5, 0.6) is 0 Å². The van der Waals surface area contributed by atoms with Crippen LogP contribution < -0.4 is 0 Å². The van der Waals surface area contributed by atoms with Crippen LogP contribution in [0.4, 0.5) is 0 Å². The summed E-state index contributed by atoms with van der Waals surface area (Å²) in [6.07, 6.45) is 1.29. The molecule has 3 aromatic rings. The van der Waals surface area contributed by atoms with Crippen LogP contribution in [-0.4, -0.2) is 10.1 Å². The molecular formula is C15H13NOS.